The Morgan fingerprint density at radius 2 is 2.10 bits per heavy atom. The van der Waals surface area contributed by atoms with Gasteiger partial charge in [-0.3, -0.25) is 4.79 Å². The van der Waals surface area contributed by atoms with E-state index in [1.165, 1.54) is 5.56 Å². The summed E-state index contributed by atoms with van der Waals surface area (Å²) in [5, 5.41) is 8.61. The van der Waals surface area contributed by atoms with E-state index < -0.39 is 0 Å². The molecule has 0 bridgehead atoms. The molecule has 0 spiro atoms. The molecule has 0 unspecified atom stereocenters. The molecule has 0 saturated carbocycles. The van der Waals surface area contributed by atoms with Gasteiger partial charge in [-0.25, -0.2) is 0 Å². The van der Waals surface area contributed by atoms with E-state index in [0.29, 0.717) is 18.0 Å². The number of hydrogen-bond acceptors (Lipinski definition) is 4. The van der Waals surface area contributed by atoms with E-state index >= 15 is 0 Å². The van der Waals surface area contributed by atoms with Crippen LogP contribution in [0.1, 0.15) is 21.6 Å². The van der Waals surface area contributed by atoms with Crippen LogP contribution in [0.2, 0.25) is 0 Å². The Morgan fingerprint density at radius 3 is 2.81 bits per heavy atom. The number of nitrogens with one attached hydrogen (secondary N) is 1. The molecule has 0 aliphatic rings. The van der Waals surface area contributed by atoms with Crippen molar-refractivity contribution >= 4 is 17.2 Å². The van der Waals surface area contributed by atoms with Crippen molar-refractivity contribution in [3.05, 3.63) is 64.7 Å². The van der Waals surface area contributed by atoms with Crippen LogP contribution in [-0.4, -0.2) is 11.1 Å². The fraction of sp³-hybridized carbons (Fsp3) is 0.125. The number of benzene rings is 1. The Kier molecular flexibility index (Phi) is 3.83. The monoisotopic (exact) mass is 298 g/mol. The van der Waals surface area contributed by atoms with Crippen LogP contribution in [0, 0.1) is 6.92 Å². The number of hydrogen-bond donors (Lipinski definition) is 1. The number of thiophene rings is 1. The van der Waals surface area contributed by atoms with Gasteiger partial charge in [0.15, 0.2) is 11.5 Å². The fourth-order valence-corrected chi connectivity index (χ4v) is 2.57. The van der Waals surface area contributed by atoms with Gasteiger partial charge in [0.1, 0.15) is 0 Å². The van der Waals surface area contributed by atoms with Gasteiger partial charge in [0.05, 0.1) is 4.88 Å². The molecule has 1 N–H and O–H groups in total. The minimum Gasteiger partial charge on any atom is -0.355 e. The molecule has 106 valence electrons. The predicted molar refractivity (Wildman–Crippen MR) is 82.2 cm³/mol. The van der Waals surface area contributed by atoms with E-state index in [1.807, 2.05) is 48.7 Å². The van der Waals surface area contributed by atoms with Gasteiger partial charge in [-0.1, -0.05) is 41.1 Å². The smallest absolute Gasteiger partial charge is 0.273 e. The van der Waals surface area contributed by atoms with Crippen LogP contribution in [0.5, 0.6) is 0 Å². The summed E-state index contributed by atoms with van der Waals surface area (Å²) in [4.78, 5) is 13.0. The van der Waals surface area contributed by atoms with Gasteiger partial charge < -0.3 is 9.84 Å². The Morgan fingerprint density at radius 1 is 1.29 bits per heavy atom. The fourth-order valence-electron chi connectivity index (χ4n) is 1.90. The molecule has 0 aliphatic carbocycles. The maximum atomic E-state index is 12.0. The van der Waals surface area contributed by atoms with E-state index in [0.717, 1.165) is 10.4 Å². The van der Waals surface area contributed by atoms with Gasteiger partial charge in [-0.05, 0) is 23.9 Å². The molecule has 0 aliphatic heterocycles. The number of carbonyl (C=O) groups excluding carboxylic acids is 1. The highest BCUT2D eigenvalue weighted by Crippen LogP contribution is 2.25. The first-order chi connectivity index (χ1) is 10.2. The van der Waals surface area contributed by atoms with Crippen LogP contribution >= 0.6 is 11.3 Å². The second-order valence-electron chi connectivity index (χ2n) is 4.72. The van der Waals surface area contributed by atoms with Gasteiger partial charge in [0.2, 0.25) is 0 Å². The molecule has 3 aromatic rings. The van der Waals surface area contributed by atoms with Crippen molar-refractivity contribution in [1.82, 2.24) is 10.5 Å². The van der Waals surface area contributed by atoms with Gasteiger partial charge in [-0.15, -0.1) is 11.3 Å². The topological polar surface area (TPSA) is 55.1 Å². The van der Waals surface area contributed by atoms with Crippen LogP contribution in [0.3, 0.4) is 0 Å². The summed E-state index contributed by atoms with van der Waals surface area (Å²) >= 11 is 1.55. The zero-order chi connectivity index (χ0) is 14.7. The van der Waals surface area contributed by atoms with Gasteiger partial charge in [-0.2, -0.15) is 0 Å². The number of amides is 1. The first-order valence-corrected chi connectivity index (χ1v) is 7.45. The molecule has 2 aromatic heterocycles. The molecule has 1 aromatic carbocycles. The van der Waals surface area contributed by atoms with Crippen molar-refractivity contribution in [2.24, 2.45) is 0 Å². The number of rotatable bonds is 4. The van der Waals surface area contributed by atoms with Gasteiger partial charge in [0.25, 0.3) is 5.91 Å². The van der Waals surface area contributed by atoms with Crippen molar-refractivity contribution in [1.29, 1.82) is 0 Å². The third-order valence-corrected chi connectivity index (χ3v) is 3.96. The summed E-state index contributed by atoms with van der Waals surface area (Å²) in [6, 6.07) is 13.6. The molecule has 2 heterocycles. The molecule has 3 rings (SSSR count). The second kappa shape index (κ2) is 5.93. The summed E-state index contributed by atoms with van der Waals surface area (Å²) in [5.74, 6) is 0.382. The van der Waals surface area contributed by atoms with E-state index in [-0.39, 0.29) is 5.91 Å². The van der Waals surface area contributed by atoms with Crippen molar-refractivity contribution in [3.8, 4) is 10.6 Å². The SMILES string of the molecule is Cc1ccc(CNC(=O)c2cc(-c3cccs3)on2)cc1. The molecule has 0 radical (unpaired) electrons. The molecular formula is C16H14N2O2S. The Labute approximate surface area is 126 Å². The molecule has 5 heteroatoms. The van der Waals surface area contributed by atoms with Crippen molar-refractivity contribution in [2.75, 3.05) is 0 Å². The van der Waals surface area contributed by atoms with E-state index in [9.17, 15) is 4.79 Å². The number of nitrogens with zero attached hydrogens (tertiary/aromatic N) is 1. The second-order valence-corrected chi connectivity index (χ2v) is 5.67. The maximum Gasteiger partial charge on any atom is 0.273 e. The first-order valence-electron chi connectivity index (χ1n) is 6.57. The summed E-state index contributed by atoms with van der Waals surface area (Å²) in [7, 11) is 0. The lowest BCUT2D eigenvalue weighted by molar-refractivity contribution is 0.0942. The molecule has 21 heavy (non-hydrogen) atoms. The minimum atomic E-state index is -0.234. The minimum absolute atomic E-state index is 0.234. The normalized spacial score (nSPS) is 10.5. The largest absolute Gasteiger partial charge is 0.355 e. The zero-order valence-electron chi connectivity index (χ0n) is 11.5. The Bertz CT molecular complexity index is 730. The summed E-state index contributed by atoms with van der Waals surface area (Å²) in [5.41, 5.74) is 2.55. The zero-order valence-corrected chi connectivity index (χ0v) is 12.3. The molecular weight excluding hydrogens is 284 g/mol. The van der Waals surface area contributed by atoms with Crippen molar-refractivity contribution < 1.29 is 9.32 Å². The summed E-state index contributed by atoms with van der Waals surface area (Å²) in [6.07, 6.45) is 0. The van der Waals surface area contributed by atoms with Crippen LogP contribution in [0.4, 0.5) is 0 Å². The molecule has 4 nitrogen and oxygen atoms in total. The lowest BCUT2D eigenvalue weighted by atomic mass is 10.1. The van der Waals surface area contributed by atoms with Crippen molar-refractivity contribution in [2.45, 2.75) is 13.5 Å². The van der Waals surface area contributed by atoms with Crippen LogP contribution < -0.4 is 5.32 Å². The number of carbonyl (C=O) groups is 1. The average molecular weight is 298 g/mol. The summed E-state index contributed by atoms with van der Waals surface area (Å²) in [6.45, 7) is 2.50. The Hall–Kier alpha value is -2.40. The van der Waals surface area contributed by atoms with E-state index in [4.69, 9.17) is 4.52 Å². The van der Waals surface area contributed by atoms with Crippen molar-refractivity contribution in [3.63, 3.8) is 0 Å². The van der Waals surface area contributed by atoms with Gasteiger partial charge >= 0.3 is 0 Å². The third kappa shape index (κ3) is 3.20. The molecule has 0 saturated heterocycles. The maximum absolute atomic E-state index is 12.0. The quantitative estimate of drug-likeness (QED) is 0.800. The standard InChI is InChI=1S/C16H14N2O2S/c1-11-4-6-12(7-5-11)10-17-16(19)13-9-14(20-18-13)15-3-2-8-21-15/h2-9H,10H2,1H3,(H,17,19). The highest BCUT2D eigenvalue weighted by Gasteiger charge is 2.13. The number of aryl methyl sites for hydroxylation is 1. The predicted octanol–water partition coefficient (Wildman–Crippen LogP) is 3.64. The molecule has 1 amide bonds. The lowest BCUT2D eigenvalue weighted by Crippen LogP contribution is -2.22. The average Bonchev–Trinajstić information content (AvgIpc) is 3.17. The van der Waals surface area contributed by atoms with Crippen LogP contribution in [0.25, 0.3) is 10.6 Å². The first kappa shape index (κ1) is 13.6. The lowest BCUT2D eigenvalue weighted by Gasteiger charge is -2.03. The number of aromatic nitrogens is 1. The summed E-state index contributed by atoms with van der Waals surface area (Å²) < 4.78 is 5.20. The van der Waals surface area contributed by atoms with E-state index in [2.05, 4.69) is 10.5 Å². The van der Waals surface area contributed by atoms with Crippen LogP contribution in [-0.2, 0) is 6.54 Å². The van der Waals surface area contributed by atoms with Gasteiger partial charge in [0, 0.05) is 12.6 Å². The molecule has 0 atom stereocenters. The molecule has 0 fully saturated rings. The highest BCUT2D eigenvalue weighted by molar-refractivity contribution is 7.13. The van der Waals surface area contributed by atoms with Crippen LogP contribution in [0.15, 0.2) is 52.4 Å². The van der Waals surface area contributed by atoms with E-state index in [1.54, 1.807) is 17.4 Å². The Balaban J connectivity index is 1.64. The highest BCUT2D eigenvalue weighted by atomic mass is 32.1. The third-order valence-electron chi connectivity index (χ3n) is 3.08.